The maximum atomic E-state index is 11.1. The highest BCUT2D eigenvalue weighted by molar-refractivity contribution is 5.90. The Bertz CT molecular complexity index is 323. The number of aliphatic hydroxyl groups excluding tert-OH is 1. The fourth-order valence-electron chi connectivity index (χ4n) is 0.675. The summed E-state index contributed by atoms with van der Waals surface area (Å²) in [5.74, 6) is -2.06. The molecule has 0 aliphatic rings. The quantitative estimate of drug-likeness (QED) is 0.444. The van der Waals surface area contributed by atoms with E-state index in [4.69, 9.17) is 10.2 Å². The fourth-order valence-corrected chi connectivity index (χ4v) is 0.675. The summed E-state index contributed by atoms with van der Waals surface area (Å²) in [5.41, 5.74) is 0. The highest BCUT2D eigenvalue weighted by Crippen LogP contribution is 1.86. The van der Waals surface area contributed by atoms with E-state index < -0.39 is 18.0 Å². The first-order chi connectivity index (χ1) is 6.61. The van der Waals surface area contributed by atoms with E-state index >= 15 is 0 Å². The van der Waals surface area contributed by atoms with Crippen LogP contribution in [0, 0.1) is 0 Å². The molecule has 1 amide bonds. The molecular weight excluding hydrogens is 192 g/mol. The zero-order valence-corrected chi connectivity index (χ0v) is 6.97. The van der Waals surface area contributed by atoms with Gasteiger partial charge in [0.25, 0.3) is 5.91 Å². The van der Waals surface area contributed by atoms with Crippen molar-refractivity contribution in [2.75, 3.05) is 6.54 Å². The second kappa shape index (κ2) is 4.33. The number of carbonyl (C=O) groups is 2. The number of hydrogen-bond acceptors (Lipinski definition) is 5. The van der Waals surface area contributed by atoms with E-state index in [1.807, 2.05) is 0 Å². The van der Waals surface area contributed by atoms with Crippen LogP contribution in [-0.4, -0.2) is 49.9 Å². The Balaban J connectivity index is 2.40. The van der Waals surface area contributed by atoms with Crippen molar-refractivity contribution >= 4 is 11.9 Å². The van der Waals surface area contributed by atoms with Crippen molar-refractivity contribution < 1.29 is 19.8 Å². The average molecular weight is 200 g/mol. The van der Waals surface area contributed by atoms with Gasteiger partial charge in [-0.25, -0.2) is 9.78 Å². The molecule has 8 heteroatoms. The molecule has 0 bridgehead atoms. The van der Waals surface area contributed by atoms with E-state index in [-0.39, 0.29) is 12.4 Å². The molecular formula is C6H8N4O4. The summed E-state index contributed by atoms with van der Waals surface area (Å²) in [6, 6.07) is 0. The molecule has 0 radical (unpaired) electrons. The van der Waals surface area contributed by atoms with E-state index in [0.29, 0.717) is 0 Å². The first kappa shape index (κ1) is 10.1. The first-order valence-electron chi connectivity index (χ1n) is 3.65. The van der Waals surface area contributed by atoms with Gasteiger partial charge in [-0.15, -0.1) is 0 Å². The molecule has 0 saturated carbocycles. The third kappa shape index (κ3) is 2.52. The van der Waals surface area contributed by atoms with Gasteiger partial charge in [0.15, 0.2) is 6.10 Å². The van der Waals surface area contributed by atoms with Gasteiger partial charge in [0.05, 0.1) is 6.54 Å². The molecule has 8 nitrogen and oxygen atoms in total. The van der Waals surface area contributed by atoms with Gasteiger partial charge in [0, 0.05) is 0 Å². The molecule has 0 spiro atoms. The molecule has 0 aliphatic carbocycles. The van der Waals surface area contributed by atoms with Gasteiger partial charge < -0.3 is 15.5 Å². The molecule has 1 atom stereocenters. The number of nitrogens with one attached hydrogen (secondary N) is 2. The van der Waals surface area contributed by atoms with Gasteiger partial charge >= 0.3 is 5.97 Å². The van der Waals surface area contributed by atoms with E-state index in [1.165, 1.54) is 0 Å². The summed E-state index contributed by atoms with van der Waals surface area (Å²) in [6.45, 7) is -0.380. The van der Waals surface area contributed by atoms with Crippen LogP contribution in [0.5, 0.6) is 0 Å². The number of amides is 1. The van der Waals surface area contributed by atoms with E-state index in [2.05, 4.69) is 20.5 Å². The van der Waals surface area contributed by atoms with Crippen molar-refractivity contribution in [2.24, 2.45) is 0 Å². The van der Waals surface area contributed by atoms with Crippen molar-refractivity contribution in [2.45, 2.75) is 6.10 Å². The van der Waals surface area contributed by atoms with Gasteiger partial charge in [-0.1, -0.05) is 0 Å². The summed E-state index contributed by atoms with van der Waals surface area (Å²) in [4.78, 5) is 24.8. The second-order valence-corrected chi connectivity index (χ2v) is 2.40. The number of aromatic amines is 1. The molecule has 76 valence electrons. The minimum Gasteiger partial charge on any atom is -0.479 e. The second-order valence-electron chi connectivity index (χ2n) is 2.40. The largest absolute Gasteiger partial charge is 0.479 e. The topological polar surface area (TPSA) is 128 Å². The summed E-state index contributed by atoms with van der Waals surface area (Å²) in [7, 11) is 0. The zero-order valence-electron chi connectivity index (χ0n) is 6.97. The number of carboxylic acid groups (broad SMARTS) is 1. The number of hydrogen-bond donors (Lipinski definition) is 4. The lowest BCUT2D eigenvalue weighted by atomic mass is 10.3. The minimum absolute atomic E-state index is 0.0393. The van der Waals surface area contributed by atoms with Gasteiger partial charge in [-0.3, -0.25) is 9.89 Å². The Morgan fingerprint density at radius 1 is 1.64 bits per heavy atom. The van der Waals surface area contributed by atoms with Crippen molar-refractivity contribution in [3.63, 3.8) is 0 Å². The van der Waals surface area contributed by atoms with E-state index in [9.17, 15) is 9.59 Å². The molecule has 0 saturated heterocycles. The number of nitrogens with zero attached hydrogens (tertiary/aromatic N) is 2. The molecule has 0 unspecified atom stereocenters. The molecule has 0 aliphatic heterocycles. The summed E-state index contributed by atoms with van der Waals surface area (Å²) in [6.07, 6.45) is -0.482. The Morgan fingerprint density at radius 2 is 2.36 bits per heavy atom. The molecule has 1 aromatic heterocycles. The van der Waals surface area contributed by atoms with Crippen LogP contribution in [0.2, 0.25) is 0 Å². The van der Waals surface area contributed by atoms with Crippen LogP contribution in [0.25, 0.3) is 0 Å². The number of H-pyrrole nitrogens is 1. The Labute approximate surface area is 78.0 Å². The minimum atomic E-state index is -1.62. The predicted octanol–water partition coefficient (Wildman–Crippen LogP) is -2.02. The third-order valence-electron chi connectivity index (χ3n) is 1.37. The van der Waals surface area contributed by atoms with Gasteiger partial charge in [-0.2, -0.15) is 5.10 Å². The Hall–Kier alpha value is -1.96. The fraction of sp³-hybridized carbons (Fsp3) is 0.333. The standard InChI is InChI=1S/C6H8N4O4/c11-3(6(13)14)1-7-5(12)4-8-2-9-10-4/h2-3,11H,1H2,(H,7,12)(H,13,14)(H,8,9,10)/t3-/m0/s1. The van der Waals surface area contributed by atoms with Crippen LogP contribution in [0.15, 0.2) is 6.33 Å². The molecule has 0 aromatic carbocycles. The van der Waals surface area contributed by atoms with Gasteiger partial charge in [0.2, 0.25) is 5.82 Å². The molecule has 1 aromatic rings. The highest BCUT2D eigenvalue weighted by Gasteiger charge is 2.15. The monoisotopic (exact) mass is 200 g/mol. The van der Waals surface area contributed by atoms with Crippen LogP contribution in [0.4, 0.5) is 0 Å². The summed E-state index contributed by atoms with van der Waals surface area (Å²) in [5, 5.41) is 25.0. The lowest BCUT2D eigenvalue weighted by molar-refractivity contribution is -0.146. The van der Waals surface area contributed by atoms with Crippen molar-refractivity contribution in [3.8, 4) is 0 Å². The average Bonchev–Trinajstić information content (AvgIpc) is 2.66. The summed E-state index contributed by atoms with van der Waals surface area (Å²) < 4.78 is 0. The van der Waals surface area contributed by atoms with Crippen LogP contribution >= 0.6 is 0 Å². The number of carbonyl (C=O) groups excluding carboxylic acids is 1. The van der Waals surface area contributed by atoms with E-state index in [0.717, 1.165) is 6.33 Å². The Kier molecular flexibility index (Phi) is 3.13. The lowest BCUT2D eigenvalue weighted by Gasteiger charge is -2.05. The maximum Gasteiger partial charge on any atom is 0.334 e. The zero-order chi connectivity index (χ0) is 10.6. The van der Waals surface area contributed by atoms with Crippen molar-refractivity contribution in [1.29, 1.82) is 0 Å². The third-order valence-corrected chi connectivity index (χ3v) is 1.37. The Morgan fingerprint density at radius 3 is 2.86 bits per heavy atom. The van der Waals surface area contributed by atoms with Crippen molar-refractivity contribution in [1.82, 2.24) is 20.5 Å². The van der Waals surface area contributed by atoms with Crippen LogP contribution in [0.1, 0.15) is 10.6 Å². The first-order valence-corrected chi connectivity index (χ1v) is 3.65. The molecule has 1 heterocycles. The number of carboxylic acids is 1. The molecule has 0 fully saturated rings. The van der Waals surface area contributed by atoms with Crippen LogP contribution < -0.4 is 5.32 Å². The highest BCUT2D eigenvalue weighted by atomic mass is 16.4. The van der Waals surface area contributed by atoms with Gasteiger partial charge in [-0.05, 0) is 0 Å². The SMILES string of the molecule is O=C(NC[C@H](O)C(=O)O)c1ncn[nH]1. The summed E-state index contributed by atoms with van der Waals surface area (Å²) >= 11 is 0. The van der Waals surface area contributed by atoms with E-state index in [1.54, 1.807) is 0 Å². The number of aliphatic carboxylic acids is 1. The number of aliphatic hydroxyl groups is 1. The van der Waals surface area contributed by atoms with Gasteiger partial charge in [0.1, 0.15) is 6.33 Å². The molecule has 4 N–H and O–H groups in total. The van der Waals surface area contributed by atoms with Crippen LogP contribution in [-0.2, 0) is 4.79 Å². The smallest absolute Gasteiger partial charge is 0.334 e. The molecule has 14 heavy (non-hydrogen) atoms. The van der Waals surface area contributed by atoms with Crippen LogP contribution in [0.3, 0.4) is 0 Å². The predicted molar refractivity (Wildman–Crippen MR) is 42.4 cm³/mol. The number of rotatable bonds is 4. The molecule has 1 rings (SSSR count). The normalized spacial score (nSPS) is 12.1. The van der Waals surface area contributed by atoms with Crippen molar-refractivity contribution in [3.05, 3.63) is 12.2 Å². The number of aromatic nitrogens is 3. The lowest BCUT2D eigenvalue weighted by Crippen LogP contribution is -2.36. The maximum absolute atomic E-state index is 11.1.